The van der Waals surface area contributed by atoms with Gasteiger partial charge in [-0.25, -0.2) is 9.35 Å². The normalized spacial score (nSPS) is 13.2. The molecule has 112 heavy (non-hydrogen) atoms. The Bertz CT molecular complexity index is 4990. The molecule has 11 aromatic rings. The molecule has 3 aliphatic rings. The fraction of sp³-hybridized carbons (Fsp3) is 0.258. The number of pyridine rings is 3. The summed E-state index contributed by atoms with van der Waals surface area (Å²) in [6.07, 6.45) is 0.569. The standard InChI is InChI=1S/C32H34N4O4.C32H33N3O4.C25H28N4O4/c1-33-21-27-20-28(37)31(40-22-24-12-6-3-7-13-24)30-32(38)34(18-19-39-2)23-35(36(27)30)29(25-14-8-4-9-15-25)26-16-10-5-11-17-26;1-3-27-21-28(36)31(39-22-24-13-7-4-8-14-24)30-32(37)33(19-20-38-2)23-34(35(27)30)29(25-15-9-5-10-16-25)26-17-11-6-12-18-26;1-26-16-20-15-21(30)24(31)23-25(32)27(13-14-33-2)17-28(29(20)23)22(18-9-5-3-6-10-18)19-11-7-4-8-12-19/h3-17,20,29,33H,18-19,21-23H2,1-2H3;4-18,21,29H,3,19-20,22-23H2,1-2H3;3-12,15,22,26,31H,13-14,16-17H2,1-2H3. The lowest BCUT2D eigenvalue weighted by atomic mass is 9.98. The van der Waals surface area contributed by atoms with E-state index >= 15 is 0 Å². The molecular formula is C89H95N11O12. The maximum absolute atomic E-state index is 14.1. The van der Waals surface area contributed by atoms with Gasteiger partial charge in [0, 0.05) is 77.9 Å². The van der Waals surface area contributed by atoms with Crippen molar-refractivity contribution in [2.75, 3.05) is 110 Å². The highest BCUT2D eigenvalue weighted by Gasteiger charge is 2.42. The van der Waals surface area contributed by atoms with Gasteiger partial charge >= 0.3 is 0 Å². The van der Waals surface area contributed by atoms with Crippen molar-refractivity contribution in [3.8, 4) is 17.2 Å². The van der Waals surface area contributed by atoms with Gasteiger partial charge in [-0.15, -0.1) is 0 Å². The summed E-state index contributed by atoms with van der Waals surface area (Å²) < 4.78 is 33.7. The SMILES string of the molecule is CCc1cc(=O)c(OCc2ccccc2)c2n1N(C(c1ccccc1)c1ccccc1)CN(CCOC)C2=O.CNCc1cc(=O)c(O)c2n1N(C(c1ccccc1)c1ccccc1)CN(CCOC)C2=O.CNCc1cc(=O)c(OCc2ccccc2)c2n1N(C(c1ccccc1)c1ccccc1)CN(CCOC)C2=O. The van der Waals surface area contributed by atoms with Crippen molar-refractivity contribution >= 4 is 17.7 Å². The molecule has 0 bridgehead atoms. The second kappa shape index (κ2) is 38.3. The second-order valence-electron chi connectivity index (χ2n) is 27.0. The van der Waals surface area contributed by atoms with Gasteiger partial charge in [0.15, 0.2) is 34.3 Å². The lowest BCUT2D eigenvalue weighted by molar-refractivity contribution is 0.0603. The van der Waals surface area contributed by atoms with E-state index in [1.165, 1.54) is 6.07 Å². The number of amides is 3. The Hall–Kier alpha value is -12.4. The molecule has 0 saturated carbocycles. The van der Waals surface area contributed by atoms with Crippen LogP contribution in [-0.4, -0.2) is 146 Å². The molecule has 0 saturated heterocycles. The first-order valence-electron chi connectivity index (χ1n) is 37.4. The Balaban J connectivity index is 0.000000157. The Kier molecular flexibility index (Phi) is 27.1. The van der Waals surface area contributed by atoms with Crippen LogP contribution in [0.4, 0.5) is 0 Å². The minimum atomic E-state index is -0.579. The molecule has 8 aromatic carbocycles. The predicted molar refractivity (Wildman–Crippen MR) is 432 cm³/mol. The second-order valence-corrected chi connectivity index (χ2v) is 27.0. The van der Waals surface area contributed by atoms with E-state index in [0.29, 0.717) is 83.7 Å². The summed E-state index contributed by atoms with van der Waals surface area (Å²) >= 11 is 0. The summed E-state index contributed by atoms with van der Waals surface area (Å²) in [4.78, 5) is 86.0. The zero-order valence-corrected chi connectivity index (χ0v) is 63.9. The molecule has 0 radical (unpaired) electrons. The van der Waals surface area contributed by atoms with Gasteiger partial charge in [-0.2, -0.15) is 0 Å². The van der Waals surface area contributed by atoms with Crippen LogP contribution in [0.5, 0.6) is 17.2 Å². The van der Waals surface area contributed by atoms with Crippen LogP contribution in [0.25, 0.3) is 0 Å². The van der Waals surface area contributed by atoms with E-state index in [9.17, 15) is 33.9 Å². The van der Waals surface area contributed by atoms with Crippen LogP contribution < -0.4 is 51.4 Å². The topological polar surface area (TPSA) is 227 Å². The van der Waals surface area contributed by atoms with Crippen molar-refractivity contribution in [1.82, 2.24) is 39.4 Å². The lowest BCUT2D eigenvalue weighted by Gasteiger charge is -2.45. The highest BCUT2D eigenvalue weighted by atomic mass is 16.5. The summed E-state index contributed by atoms with van der Waals surface area (Å²) in [5, 5.41) is 23.3. The fourth-order valence-electron chi connectivity index (χ4n) is 14.5. The van der Waals surface area contributed by atoms with Crippen molar-refractivity contribution in [2.24, 2.45) is 0 Å². The number of methoxy groups -OCH3 is 3. The van der Waals surface area contributed by atoms with Crippen LogP contribution in [0, 0.1) is 0 Å². The molecule has 3 aromatic heterocycles. The van der Waals surface area contributed by atoms with Gasteiger partial charge in [0.1, 0.15) is 33.2 Å². The predicted octanol–water partition coefficient (Wildman–Crippen LogP) is 10.8. The van der Waals surface area contributed by atoms with Crippen LogP contribution in [0.1, 0.15) is 118 Å². The highest BCUT2D eigenvalue weighted by molar-refractivity contribution is 5.98. The third-order valence-corrected chi connectivity index (χ3v) is 19.7. The quantitative estimate of drug-likeness (QED) is 0.0396. The highest BCUT2D eigenvalue weighted by Crippen LogP contribution is 2.38. The smallest absolute Gasteiger partial charge is 0.277 e. The first kappa shape index (κ1) is 79.2. The maximum Gasteiger partial charge on any atom is 0.277 e. The van der Waals surface area contributed by atoms with Gasteiger partial charge < -0.3 is 54.1 Å². The first-order chi connectivity index (χ1) is 54.8. The zero-order valence-electron chi connectivity index (χ0n) is 63.9. The molecule has 3 N–H and O–H groups in total. The number of nitrogens with one attached hydrogen (secondary N) is 2. The molecular weight excluding hydrogens is 1420 g/mol. The van der Waals surface area contributed by atoms with Crippen molar-refractivity contribution in [1.29, 1.82) is 0 Å². The number of aromatic hydroxyl groups is 1. The molecule has 6 heterocycles. The van der Waals surface area contributed by atoms with Gasteiger partial charge in [0.2, 0.25) is 16.3 Å². The third kappa shape index (κ3) is 17.9. The Labute approximate surface area is 652 Å². The van der Waals surface area contributed by atoms with Crippen molar-refractivity contribution in [3.05, 3.63) is 370 Å². The van der Waals surface area contributed by atoms with Crippen LogP contribution in [0.15, 0.2) is 275 Å². The van der Waals surface area contributed by atoms with Crippen LogP contribution in [0.2, 0.25) is 0 Å². The summed E-state index contributed by atoms with van der Waals surface area (Å²) in [7, 11) is 8.40. The fourth-order valence-corrected chi connectivity index (χ4v) is 14.5. The van der Waals surface area contributed by atoms with Crippen LogP contribution >= 0.6 is 0 Å². The molecule has 0 unspecified atom stereocenters. The summed E-state index contributed by atoms with van der Waals surface area (Å²) in [6.45, 7) is 6.08. The van der Waals surface area contributed by atoms with E-state index in [4.69, 9.17) is 23.7 Å². The van der Waals surface area contributed by atoms with Gasteiger partial charge in [-0.05, 0) is 65.0 Å². The molecule has 3 aliphatic heterocycles. The number of hydrogen-bond acceptors (Lipinski definition) is 17. The van der Waals surface area contributed by atoms with E-state index in [1.807, 2.05) is 222 Å². The zero-order chi connectivity index (χ0) is 78.5. The average molecular weight is 1510 g/mol. The number of ether oxygens (including phenoxy) is 5. The molecule has 3 amide bonds. The molecule has 23 nitrogen and oxygen atoms in total. The molecule has 0 atom stereocenters. The van der Waals surface area contributed by atoms with Crippen LogP contribution in [-0.2, 0) is 46.9 Å². The van der Waals surface area contributed by atoms with E-state index in [2.05, 4.69) is 69.2 Å². The average Bonchev–Trinajstić information content (AvgIpc) is 0.730. The number of nitrogens with zero attached hydrogens (tertiary/aromatic N) is 9. The summed E-state index contributed by atoms with van der Waals surface area (Å²) in [5.41, 5.74) is 9.34. The molecule has 0 spiro atoms. The summed E-state index contributed by atoms with van der Waals surface area (Å²) in [5.74, 6) is -1.37. The maximum atomic E-state index is 14.1. The van der Waals surface area contributed by atoms with Crippen molar-refractivity contribution in [3.63, 3.8) is 0 Å². The third-order valence-electron chi connectivity index (χ3n) is 19.7. The molecule has 14 rings (SSSR count). The number of aryl methyl sites for hydroxylation is 1. The van der Waals surface area contributed by atoms with Gasteiger partial charge in [-0.3, -0.25) is 48.5 Å². The number of aromatic nitrogens is 3. The van der Waals surface area contributed by atoms with Crippen LogP contribution in [0.3, 0.4) is 0 Å². The molecule has 0 fully saturated rings. The van der Waals surface area contributed by atoms with Gasteiger partial charge in [0.25, 0.3) is 17.7 Å². The number of carbonyl (C=O) groups excluding carboxylic acids is 3. The molecule has 0 aliphatic carbocycles. The Morgan fingerprint density at radius 1 is 0.357 bits per heavy atom. The van der Waals surface area contributed by atoms with Crippen molar-refractivity contribution < 1.29 is 43.2 Å². The minimum absolute atomic E-state index is 0.0352. The number of benzene rings is 8. The van der Waals surface area contributed by atoms with Gasteiger partial charge in [-0.1, -0.05) is 250 Å². The van der Waals surface area contributed by atoms with E-state index in [-0.39, 0.29) is 89.3 Å². The van der Waals surface area contributed by atoms with Crippen molar-refractivity contribution in [2.45, 2.75) is 57.8 Å². The molecule has 23 heteroatoms. The number of rotatable bonds is 29. The number of fused-ring (bicyclic) bond motifs is 3. The van der Waals surface area contributed by atoms with E-state index < -0.39 is 17.1 Å². The van der Waals surface area contributed by atoms with Gasteiger partial charge in [0.05, 0.1) is 49.3 Å². The molecule has 578 valence electrons. The number of carbonyl (C=O) groups is 3. The summed E-state index contributed by atoms with van der Waals surface area (Å²) in [6, 6.07) is 83.8. The first-order valence-corrected chi connectivity index (χ1v) is 37.4. The van der Waals surface area contributed by atoms with E-state index in [0.717, 1.165) is 50.2 Å². The number of hydrogen-bond donors (Lipinski definition) is 3. The Morgan fingerprint density at radius 3 is 0.902 bits per heavy atom. The minimum Gasteiger partial charge on any atom is -0.502 e. The Morgan fingerprint density at radius 2 is 0.616 bits per heavy atom. The largest absolute Gasteiger partial charge is 0.502 e. The monoisotopic (exact) mass is 1510 g/mol. The lowest BCUT2D eigenvalue weighted by Crippen LogP contribution is -2.57. The van der Waals surface area contributed by atoms with E-state index in [1.54, 1.807) is 59.9 Å².